The molecule has 22 heavy (non-hydrogen) atoms. The van der Waals surface area contributed by atoms with Crippen LogP contribution in [0.25, 0.3) is 0 Å². The summed E-state index contributed by atoms with van der Waals surface area (Å²) in [5.74, 6) is 0.256. The van der Waals surface area contributed by atoms with Gasteiger partial charge in [-0.05, 0) is 38.0 Å². The lowest BCUT2D eigenvalue weighted by molar-refractivity contribution is -0.144. The maximum absolute atomic E-state index is 12.9. The van der Waals surface area contributed by atoms with Gasteiger partial charge in [-0.25, -0.2) is 4.79 Å². The predicted molar refractivity (Wildman–Crippen MR) is 74.8 cm³/mol. The highest BCUT2D eigenvalue weighted by Gasteiger charge is 2.50. The fourth-order valence-electron chi connectivity index (χ4n) is 4.45. The average Bonchev–Trinajstić information content (AvgIpc) is 3.21. The Morgan fingerprint density at radius 1 is 1.27 bits per heavy atom. The van der Waals surface area contributed by atoms with Crippen molar-refractivity contribution in [1.82, 2.24) is 15.0 Å². The molecule has 1 aliphatic heterocycles. The number of rotatable bonds is 2. The van der Waals surface area contributed by atoms with Gasteiger partial charge < -0.3 is 4.90 Å². The SMILES string of the molecule is O=C1C[C@@H]2CC(C(=O)N3CCCCC3c3noc(=O)[nH]3)[C@H]1C2. The van der Waals surface area contributed by atoms with Crippen LogP contribution in [0.2, 0.25) is 0 Å². The van der Waals surface area contributed by atoms with Crippen LogP contribution in [-0.4, -0.2) is 33.3 Å². The van der Waals surface area contributed by atoms with Gasteiger partial charge in [0.15, 0.2) is 5.82 Å². The summed E-state index contributed by atoms with van der Waals surface area (Å²) in [5, 5.41) is 3.76. The third-order valence-electron chi connectivity index (χ3n) is 5.44. The van der Waals surface area contributed by atoms with E-state index in [1.54, 1.807) is 4.90 Å². The van der Waals surface area contributed by atoms with Crippen LogP contribution in [0.3, 0.4) is 0 Å². The van der Waals surface area contributed by atoms with Crippen molar-refractivity contribution in [3.63, 3.8) is 0 Å². The molecule has 2 aliphatic carbocycles. The molecule has 1 saturated heterocycles. The second-order valence-corrected chi connectivity index (χ2v) is 6.74. The lowest BCUT2D eigenvalue weighted by atomic mass is 9.85. The van der Waals surface area contributed by atoms with E-state index in [0.29, 0.717) is 24.7 Å². The molecule has 3 aliphatic rings. The van der Waals surface area contributed by atoms with Gasteiger partial charge in [0.2, 0.25) is 5.91 Å². The number of Topliss-reactive ketones (excluding diaryl/α,β-unsaturated/α-hetero) is 1. The first kappa shape index (κ1) is 13.7. The molecule has 2 heterocycles. The lowest BCUT2D eigenvalue weighted by Gasteiger charge is -2.37. The fourth-order valence-corrected chi connectivity index (χ4v) is 4.45. The molecule has 1 amide bonds. The van der Waals surface area contributed by atoms with Crippen molar-refractivity contribution in [2.45, 2.75) is 44.6 Å². The van der Waals surface area contributed by atoms with Crippen molar-refractivity contribution >= 4 is 11.7 Å². The van der Waals surface area contributed by atoms with Crippen molar-refractivity contribution in [3.8, 4) is 0 Å². The van der Waals surface area contributed by atoms with Gasteiger partial charge in [-0.2, -0.15) is 0 Å². The van der Waals surface area contributed by atoms with Crippen LogP contribution in [0.1, 0.15) is 50.4 Å². The molecule has 0 spiro atoms. The molecule has 1 aromatic heterocycles. The fraction of sp³-hybridized carbons (Fsp3) is 0.733. The summed E-state index contributed by atoms with van der Waals surface area (Å²) in [7, 11) is 0. The summed E-state index contributed by atoms with van der Waals surface area (Å²) >= 11 is 0. The molecule has 2 bridgehead atoms. The van der Waals surface area contributed by atoms with E-state index in [1.807, 2.05) is 0 Å². The second kappa shape index (κ2) is 5.07. The van der Waals surface area contributed by atoms with Crippen molar-refractivity contribution < 1.29 is 14.1 Å². The minimum absolute atomic E-state index is 0.0501. The molecule has 7 heteroatoms. The highest BCUT2D eigenvalue weighted by atomic mass is 16.5. The molecule has 2 saturated carbocycles. The number of H-pyrrole nitrogens is 1. The topological polar surface area (TPSA) is 96.3 Å². The average molecular weight is 305 g/mol. The van der Waals surface area contributed by atoms with E-state index in [4.69, 9.17) is 0 Å². The van der Waals surface area contributed by atoms with E-state index in [0.717, 1.165) is 32.1 Å². The molecule has 0 radical (unpaired) electrons. The molecule has 1 N–H and O–H groups in total. The number of fused-ring (bicyclic) bond motifs is 2. The van der Waals surface area contributed by atoms with Crippen molar-refractivity contribution in [3.05, 3.63) is 16.4 Å². The summed E-state index contributed by atoms with van der Waals surface area (Å²) in [6, 6.07) is -0.234. The molecule has 7 nitrogen and oxygen atoms in total. The van der Waals surface area contributed by atoms with E-state index < -0.39 is 5.76 Å². The minimum Gasteiger partial charge on any atom is -0.332 e. The molecular formula is C15H19N3O4. The van der Waals surface area contributed by atoms with Gasteiger partial charge in [-0.1, -0.05) is 5.16 Å². The Kier molecular flexibility index (Phi) is 3.16. The highest BCUT2D eigenvalue weighted by molar-refractivity contribution is 5.92. The zero-order valence-corrected chi connectivity index (χ0v) is 12.3. The number of nitrogens with zero attached hydrogens (tertiary/aromatic N) is 2. The maximum atomic E-state index is 12.9. The highest BCUT2D eigenvalue weighted by Crippen LogP contribution is 2.47. The number of amides is 1. The monoisotopic (exact) mass is 305 g/mol. The molecule has 2 unspecified atom stereocenters. The number of hydrogen-bond acceptors (Lipinski definition) is 5. The lowest BCUT2D eigenvalue weighted by Crippen LogP contribution is -2.44. The number of likely N-dealkylation sites (tertiary alicyclic amines) is 1. The Morgan fingerprint density at radius 2 is 2.14 bits per heavy atom. The normalized spacial score (nSPS) is 34.4. The zero-order chi connectivity index (χ0) is 15.3. The number of piperidine rings is 1. The van der Waals surface area contributed by atoms with Crippen molar-refractivity contribution in [2.24, 2.45) is 17.8 Å². The van der Waals surface area contributed by atoms with Crippen LogP contribution in [0, 0.1) is 17.8 Å². The molecule has 4 rings (SSSR count). The number of carbonyl (C=O) groups excluding carboxylic acids is 2. The smallest absolute Gasteiger partial charge is 0.332 e. The number of carbonyl (C=O) groups is 2. The Hall–Kier alpha value is -1.92. The molecule has 3 fully saturated rings. The zero-order valence-electron chi connectivity index (χ0n) is 12.3. The van der Waals surface area contributed by atoms with Crippen LogP contribution in [0.15, 0.2) is 9.32 Å². The Morgan fingerprint density at radius 3 is 2.82 bits per heavy atom. The number of ketones is 1. The molecule has 118 valence electrons. The van der Waals surface area contributed by atoms with E-state index in [2.05, 4.69) is 14.7 Å². The van der Waals surface area contributed by atoms with Crippen LogP contribution in [0.5, 0.6) is 0 Å². The number of hydrogen-bond donors (Lipinski definition) is 1. The first-order chi connectivity index (χ1) is 10.6. The molecule has 1 aromatic rings. The maximum Gasteiger partial charge on any atom is 0.438 e. The van der Waals surface area contributed by atoms with E-state index in [9.17, 15) is 14.4 Å². The van der Waals surface area contributed by atoms with Gasteiger partial charge in [-0.15, -0.1) is 0 Å². The molecular weight excluding hydrogens is 286 g/mol. The van der Waals surface area contributed by atoms with Gasteiger partial charge >= 0.3 is 5.76 Å². The summed E-state index contributed by atoms with van der Waals surface area (Å²) < 4.78 is 4.58. The van der Waals surface area contributed by atoms with Gasteiger partial charge in [0.05, 0.1) is 6.04 Å². The second-order valence-electron chi connectivity index (χ2n) is 6.74. The Bertz CT molecular complexity index is 664. The summed E-state index contributed by atoms with van der Waals surface area (Å²) in [6.45, 7) is 0.653. The van der Waals surface area contributed by atoms with Crippen LogP contribution < -0.4 is 5.76 Å². The summed E-state index contributed by atoms with van der Waals surface area (Å²) in [6.07, 6.45) is 5.04. The minimum atomic E-state index is -0.594. The number of aromatic nitrogens is 2. The molecule has 4 atom stereocenters. The Labute approximate surface area is 127 Å². The van der Waals surface area contributed by atoms with E-state index in [-0.39, 0.29) is 29.6 Å². The van der Waals surface area contributed by atoms with Gasteiger partial charge in [0.25, 0.3) is 0 Å². The van der Waals surface area contributed by atoms with E-state index >= 15 is 0 Å². The first-order valence-corrected chi connectivity index (χ1v) is 8.02. The summed E-state index contributed by atoms with van der Waals surface area (Å²) in [5.41, 5.74) is 0. The standard InChI is InChI=1S/C15H19N3O4/c19-12-7-8-5-9(12)10(6-8)14(20)18-4-2-1-3-11(18)13-16-15(21)22-17-13/h8-11H,1-7H2,(H,16,17,21)/t8-,9+,10?,11?/m0/s1. The van der Waals surface area contributed by atoms with Crippen molar-refractivity contribution in [1.29, 1.82) is 0 Å². The van der Waals surface area contributed by atoms with Gasteiger partial charge in [0, 0.05) is 24.8 Å². The first-order valence-electron chi connectivity index (χ1n) is 8.02. The van der Waals surface area contributed by atoms with Crippen molar-refractivity contribution in [2.75, 3.05) is 6.54 Å². The Balaban J connectivity index is 1.58. The van der Waals surface area contributed by atoms with Gasteiger partial charge in [-0.3, -0.25) is 19.1 Å². The third kappa shape index (κ3) is 2.10. The van der Waals surface area contributed by atoms with Crippen LogP contribution in [0.4, 0.5) is 0 Å². The largest absolute Gasteiger partial charge is 0.438 e. The molecule has 0 aromatic carbocycles. The number of nitrogens with one attached hydrogen (secondary N) is 1. The van der Waals surface area contributed by atoms with Crippen LogP contribution >= 0.6 is 0 Å². The van der Waals surface area contributed by atoms with E-state index in [1.165, 1.54) is 0 Å². The summed E-state index contributed by atoms with van der Waals surface area (Å²) in [4.78, 5) is 40.4. The third-order valence-corrected chi connectivity index (χ3v) is 5.44. The van der Waals surface area contributed by atoms with Gasteiger partial charge in [0.1, 0.15) is 5.78 Å². The predicted octanol–water partition coefficient (Wildman–Crippen LogP) is 1.03. The quantitative estimate of drug-likeness (QED) is 0.880. The number of aromatic amines is 1. The van der Waals surface area contributed by atoms with Crippen LogP contribution in [-0.2, 0) is 9.59 Å².